The topological polar surface area (TPSA) is 171 Å². The van der Waals surface area contributed by atoms with E-state index in [0.717, 1.165) is 22.3 Å². The summed E-state index contributed by atoms with van der Waals surface area (Å²) in [5.41, 5.74) is 2.33. The number of aromatic amines is 1. The van der Waals surface area contributed by atoms with Crippen molar-refractivity contribution in [2.75, 3.05) is 6.61 Å². The predicted molar refractivity (Wildman–Crippen MR) is 148 cm³/mol. The summed E-state index contributed by atoms with van der Waals surface area (Å²) in [6, 6.07) is 15.6. The van der Waals surface area contributed by atoms with E-state index in [1.165, 1.54) is 20.8 Å². The van der Waals surface area contributed by atoms with Crippen LogP contribution in [0, 0.1) is 6.92 Å². The van der Waals surface area contributed by atoms with E-state index in [4.69, 9.17) is 18.3 Å². The molecule has 0 aliphatic heterocycles. The monoisotopic (exact) mass is 574 g/mol. The minimum Gasteiger partial charge on any atom is -0.453 e. The number of aryl methyl sites for hydroxylation is 1. The molecule has 42 heavy (non-hydrogen) atoms. The third-order valence-corrected chi connectivity index (χ3v) is 6.56. The molecule has 0 aliphatic rings. The van der Waals surface area contributed by atoms with Crippen molar-refractivity contribution in [2.24, 2.45) is 0 Å². The molecule has 5 rings (SSSR count). The number of aromatic nitrogens is 6. The lowest BCUT2D eigenvalue weighted by atomic mass is 9.98. The molecule has 3 aromatic heterocycles. The Morgan fingerprint density at radius 2 is 1.81 bits per heavy atom. The molecule has 13 heteroatoms. The molecule has 0 fully saturated rings. The fourth-order valence-electron chi connectivity index (χ4n) is 4.50. The Labute approximate surface area is 240 Å². The number of imidazole rings is 1. The molecule has 2 aromatic carbocycles. The van der Waals surface area contributed by atoms with Gasteiger partial charge in [0.25, 0.3) is 0 Å². The number of nitrogens with one attached hydrogen (secondary N) is 1. The first kappa shape index (κ1) is 28.6. The summed E-state index contributed by atoms with van der Waals surface area (Å²) in [4.78, 5) is 29.5. The molecule has 0 aliphatic carbocycles. The average Bonchev–Trinajstić information content (AvgIpc) is 3.70. The fourth-order valence-corrected chi connectivity index (χ4v) is 4.50. The van der Waals surface area contributed by atoms with Crippen LogP contribution in [0.2, 0.25) is 0 Å². The van der Waals surface area contributed by atoms with E-state index in [2.05, 4.69) is 25.6 Å². The number of carbonyl (C=O) groups is 1. The zero-order valence-corrected chi connectivity index (χ0v) is 23.6. The number of nitrogens with zero attached hydrogens (tertiary/aromatic N) is 5. The van der Waals surface area contributed by atoms with E-state index in [1.54, 1.807) is 4.57 Å². The van der Waals surface area contributed by atoms with Crippen LogP contribution in [0.5, 0.6) is 0 Å². The second-order valence-corrected chi connectivity index (χ2v) is 10.0. The van der Waals surface area contributed by atoms with Gasteiger partial charge >= 0.3 is 11.8 Å². The van der Waals surface area contributed by atoms with Gasteiger partial charge in [-0.3, -0.25) is 0 Å². The minimum atomic E-state index is -1.47. The van der Waals surface area contributed by atoms with Gasteiger partial charge < -0.3 is 28.0 Å². The van der Waals surface area contributed by atoms with Gasteiger partial charge in [-0.2, -0.15) is 0 Å². The van der Waals surface area contributed by atoms with Crippen LogP contribution in [0.1, 0.15) is 59.9 Å². The van der Waals surface area contributed by atoms with E-state index < -0.39 is 17.4 Å². The van der Waals surface area contributed by atoms with E-state index >= 15 is 0 Å². The molecular formula is C29H30N6O7. The number of esters is 1. The number of carbonyl (C=O) groups excluding carboxylic acids is 1. The first-order valence-corrected chi connectivity index (χ1v) is 13.2. The molecule has 0 spiro atoms. The largest absolute Gasteiger partial charge is 0.519 e. The van der Waals surface area contributed by atoms with Gasteiger partial charge in [0.15, 0.2) is 29.6 Å². The van der Waals surface area contributed by atoms with Crippen LogP contribution in [-0.4, -0.2) is 47.9 Å². The lowest BCUT2D eigenvalue weighted by Gasteiger charge is -2.17. The third-order valence-electron chi connectivity index (χ3n) is 6.56. The van der Waals surface area contributed by atoms with Crippen molar-refractivity contribution in [3.05, 3.63) is 93.4 Å². The van der Waals surface area contributed by atoms with E-state index in [9.17, 15) is 14.7 Å². The highest BCUT2D eigenvalue weighted by molar-refractivity contribution is 5.89. The van der Waals surface area contributed by atoms with Crippen molar-refractivity contribution in [1.82, 2.24) is 30.2 Å². The summed E-state index contributed by atoms with van der Waals surface area (Å²) in [5.74, 6) is -0.335. The number of tetrazole rings is 1. The molecular weight excluding hydrogens is 544 g/mol. The average molecular weight is 575 g/mol. The fraction of sp³-hybridized carbons (Fsp3) is 0.310. The summed E-state index contributed by atoms with van der Waals surface area (Å²) in [7, 11) is 0. The summed E-state index contributed by atoms with van der Waals surface area (Å²) in [6.45, 7) is 6.91. The van der Waals surface area contributed by atoms with Gasteiger partial charge in [-0.15, -0.1) is 5.10 Å². The molecule has 5 aromatic rings. The highest BCUT2D eigenvalue weighted by atomic mass is 16.6. The van der Waals surface area contributed by atoms with Crippen LogP contribution in [0.25, 0.3) is 22.5 Å². The highest BCUT2D eigenvalue weighted by Crippen LogP contribution is 2.31. The van der Waals surface area contributed by atoms with E-state index in [-0.39, 0.29) is 42.7 Å². The smallest absolute Gasteiger partial charge is 0.453 e. The quantitative estimate of drug-likeness (QED) is 0.220. The maximum Gasteiger partial charge on any atom is 0.519 e. The third kappa shape index (κ3) is 6.06. The molecule has 3 heterocycles. The van der Waals surface area contributed by atoms with Crippen molar-refractivity contribution >= 4 is 5.97 Å². The molecule has 13 nitrogen and oxygen atoms in total. The van der Waals surface area contributed by atoms with E-state index in [1.807, 2.05) is 55.5 Å². The number of hydrogen-bond acceptors (Lipinski definition) is 11. The van der Waals surface area contributed by atoms with Crippen LogP contribution in [0.3, 0.4) is 0 Å². The Hall–Kier alpha value is -4.88. The number of rotatable bonds is 11. The number of aliphatic hydroxyl groups is 1. The Morgan fingerprint density at radius 3 is 2.43 bits per heavy atom. The first-order valence-electron chi connectivity index (χ1n) is 13.2. The van der Waals surface area contributed by atoms with E-state index in [0.29, 0.717) is 18.3 Å². The number of hydrogen-bond donors (Lipinski definition) is 2. The second-order valence-electron chi connectivity index (χ2n) is 10.0. The molecule has 0 radical (unpaired) electrons. The second kappa shape index (κ2) is 11.9. The number of benzene rings is 2. The molecule has 218 valence electrons. The summed E-state index contributed by atoms with van der Waals surface area (Å²) in [5, 5.41) is 25.1. The molecule has 0 saturated heterocycles. The van der Waals surface area contributed by atoms with Gasteiger partial charge in [-0.05, 0) is 54.8 Å². The van der Waals surface area contributed by atoms with Crippen molar-refractivity contribution in [3.63, 3.8) is 0 Å². The van der Waals surface area contributed by atoms with Crippen LogP contribution in [0.15, 0.2) is 62.2 Å². The molecule has 0 amide bonds. The van der Waals surface area contributed by atoms with Gasteiger partial charge in [0.1, 0.15) is 23.7 Å². The Balaban J connectivity index is 1.49. The zero-order chi connectivity index (χ0) is 29.9. The molecule has 0 bridgehead atoms. The SMILES string of the molecule is CCOCc1nc(C(C)(C)O)c(C(=O)OCc2oc(=O)oc2C)n1Cc1ccc(-c2ccccc2-c2nnn[nH]2)cc1. The van der Waals surface area contributed by atoms with Gasteiger partial charge in [-0.1, -0.05) is 48.5 Å². The lowest BCUT2D eigenvalue weighted by Crippen LogP contribution is -2.23. The molecule has 0 atom stereocenters. The van der Waals surface area contributed by atoms with Crippen LogP contribution in [-0.2, 0) is 34.8 Å². The van der Waals surface area contributed by atoms with Crippen molar-refractivity contribution < 1.29 is 28.2 Å². The first-order chi connectivity index (χ1) is 20.2. The number of ether oxygens (including phenoxy) is 2. The Bertz CT molecular complexity index is 1730. The summed E-state index contributed by atoms with van der Waals surface area (Å²) >= 11 is 0. The van der Waals surface area contributed by atoms with Gasteiger partial charge in [0, 0.05) is 18.7 Å². The van der Waals surface area contributed by atoms with Crippen molar-refractivity contribution in [1.29, 1.82) is 0 Å². The standard InChI is InChI=1S/C29H30N6O7/c1-5-39-16-23-30-25(29(3,4)38)24(27(36)40-15-22-17(2)41-28(37)42-22)35(23)14-18-10-12-19(13-11-18)20-8-6-7-9-21(20)26-31-33-34-32-26/h6-13,38H,5,14-16H2,1-4H3,(H,31,32,33,34). The van der Waals surface area contributed by atoms with Crippen LogP contribution < -0.4 is 5.82 Å². The highest BCUT2D eigenvalue weighted by Gasteiger charge is 2.33. The minimum absolute atomic E-state index is 0.0629. The summed E-state index contributed by atoms with van der Waals surface area (Å²) < 4.78 is 22.6. The van der Waals surface area contributed by atoms with Gasteiger partial charge in [0.2, 0.25) is 0 Å². The normalized spacial score (nSPS) is 11.6. The molecule has 0 saturated carbocycles. The summed E-state index contributed by atoms with van der Waals surface area (Å²) in [6.07, 6.45) is 0. The van der Waals surface area contributed by atoms with Crippen LogP contribution >= 0.6 is 0 Å². The van der Waals surface area contributed by atoms with Gasteiger partial charge in [0.05, 0.1) is 0 Å². The number of H-pyrrole nitrogens is 1. The van der Waals surface area contributed by atoms with Crippen molar-refractivity contribution in [3.8, 4) is 22.5 Å². The Kier molecular flexibility index (Phi) is 8.13. The molecule has 0 unspecified atom stereocenters. The van der Waals surface area contributed by atoms with Crippen LogP contribution in [0.4, 0.5) is 0 Å². The maximum absolute atomic E-state index is 13.5. The lowest BCUT2D eigenvalue weighted by molar-refractivity contribution is 0.0395. The Morgan fingerprint density at radius 1 is 1.07 bits per heavy atom. The maximum atomic E-state index is 13.5. The zero-order valence-electron chi connectivity index (χ0n) is 23.6. The van der Waals surface area contributed by atoms with Crippen molar-refractivity contribution in [2.45, 2.75) is 53.1 Å². The molecule has 2 N–H and O–H groups in total. The van der Waals surface area contributed by atoms with Gasteiger partial charge in [-0.25, -0.2) is 19.7 Å². The predicted octanol–water partition coefficient (Wildman–Crippen LogP) is 3.75.